The van der Waals surface area contributed by atoms with Gasteiger partial charge in [0.15, 0.2) is 0 Å². The second-order valence-corrected chi connectivity index (χ2v) is 6.93. The van der Waals surface area contributed by atoms with Crippen LogP contribution in [0.1, 0.15) is 18.1 Å². The lowest BCUT2D eigenvalue weighted by Gasteiger charge is -2.22. The van der Waals surface area contributed by atoms with E-state index in [9.17, 15) is 8.42 Å². The van der Waals surface area contributed by atoms with Crippen molar-refractivity contribution in [2.24, 2.45) is 0 Å². The van der Waals surface area contributed by atoms with Crippen molar-refractivity contribution in [2.75, 3.05) is 4.31 Å². The minimum atomic E-state index is -3.47. The first-order valence-corrected chi connectivity index (χ1v) is 8.44. The monoisotopic (exact) mass is 299 g/mol. The Balaban J connectivity index is 1.94. The third kappa shape index (κ3) is 2.72. The maximum atomic E-state index is 12.6. The van der Waals surface area contributed by atoms with Gasteiger partial charge in [-0.15, -0.1) is 0 Å². The SMILES string of the molecule is CC1Cc2ccccc2N1S(=O)(=O)C=Cc1ccccc1. The Kier molecular flexibility index (Phi) is 3.55. The summed E-state index contributed by atoms with van der Waals surface area (Å²) in [7, 11) is -3.47. The van der Waals surface area contributed by atoms with Gasteiger partial charge in [0, 0.05) is 6.04 Å². The molecule has 4 heteroatoms. The van der Waals surface area contributed by atoms with E-state index in [0.717, 1.165) is 23.2 Å². The van der Waals surface area contributed by atoms with E-state index >= 15 is 0 Å². The number of sulfonamides is 1. The van der Waals surface area contributed by atoms with E-state index in [-0.39, 0.29) is 6.04 Å². The molecule has 2 aromatic rings. The van der Waals surface area contributed by atoms with Crippen LogP contribution in [0.3, 0.4) is 0 Å². The van der Waals surface area contributed by atoms with Crippen LogP contribution in [-0.4, -0.2) is 14.5 Å². The quantitative estimate of drug-likeness (QED) is 0.870. The summed E-state index contributed by atoms with van der Waals surface area (Å²) in [6, 6.07) is 17.1. The first-order chi connectivity index (χ1) is 10.1. The fraction of sp³-hybridized carbons (Fsp3) is 0.176. The smallest absolute Gasteiger partial charge is 0.257 e. The lowest BCUT2D eigenvalue weighted by atomic mass is 10.1. The van der Waals surface area contributed by atoms with E-state index < -0.39 is 10.0 Å². The highest BCUT2D eigenvalue weighted by molar-refractivity contribution is 7.95. The average molecular weight is 299 g/mol. The molecule has 1 aliphatic rings. The molecule has 0 aliphatic carbocycles. The predicted molar refractivity (Wildman–Crippen MR) is 86.5 cm³/mol. The predicted octanol–water partition coefficient (Wildman–Crippen LogP) is 3.44. The Labute approximate surface area is 125 Å². The van der Waals surface area contributed by atoms with Crippen LogP contribution in [0.2, 0.25) is 0 Å². The van der Waals surface area contributed by atoms with Crippen molar-refractivity contribution >= 4 is 21.8 Å². The third-order valence-electron chi connectivity index (χ3n) is 3.65. The number of nitrogens with zero attached hydrogens (tertiary/aromatic N) is 1. The molecule has 0 radical (unpaired) electrons. The van der Waals surface area contributed by atoms with E-state index in [1.165, 1.54) is 9.71 Å². The van der Waals surface area contributed by atoms with Gasteiger partial charge in [-0.1, -0.05) is 48.5 Å². The summed E-state index contributed by atoms with van der Waals surface area (Å²) in [6.07, 6.45) is 2.40. The summed E-state index contributed by atoms with van der Waals surface area (Å²) < 4.78 is 26.8. The number of anilines is 1. The maximum Gasteiger partial charge on any atom is 0.257 e. The number of rotatable bonds is 3. The normalized spacial score (nSPS) is 18.1. The number of benzene rings is 2. The van der Waals surface area contributed by atoms with Crippen molar-refractivity contribution < 1.29 is 8.42 Å². The van der Waals surface area contributed by atoms with Crippen LogP contribution in [0.4, 0.5) is 5.69 Å². The summed E-state index contributed by atoms with van der Waals surface area (Å²) in [6.45, 7) is 1.94. The van der Waals surface area contributed by atoms with Gasteiger partial charge in [-0.2, -0.15) is 0 Å². The lowest BCUT2D eigenvalue weighted by Crippen LogP contribution is -2.34. The van der Waals surface area contributed by atoms with Gasteiger partial charge in [-0.05, 0) is 36.6 Å². The molecule has 3 nitrogen and oxygen atoms in total. The highest BCUT2D eigenvalue weighted by Crippen LogP contribution is 2.34. The van der Waals surface area contributed by atoms with Crippen LogP contribution in [0, 0.1) is 0 Å². The van der Waals surface area contributed by atoms with Crippen LogP contribution >= 0.6 is 0 Å². The van der Waals surface area contributed by atoms with E-state index in [1.807, 2.05) is 61.5 Å². The van der Waals surface area contributed by atoms with Crippen LogP contribution in [0.25, 0.3) is 6.08 Å². The number of para-hydroxylation sites is 1. The molecule has 21 heavy (non-hydrogen) atoms. The molecule has 108 valence electrons. The summed E-state index contributed by atoms with van der Waals surface area (Å²) in [5.41, 5.74) is 2.76. The highest BCUT2D eigenvalue weighted by atomic mass is 32.2. The lowest BCUT2D eigenvalue weighted by molar-refractivity contribution is 0.593. The molecule has 1 heterocycles. The Bertz CT molecular complexity index is 766. The zero-order valence-corrected chi connectivity index (χ0v) is 12.6. The largest absolute Gasteiger partial charge is 0.263 e. The molecule has 0 saturated carbocycles. The van der Waals surface area contributed by atoms with E-state index in [0.29, 0.717) is 0 Å². The molecule has 0 aromatic heterocycles. The molecular weight excluding hydrogens is 282 g/mol. The van der Waals surface area contributed by atoms with Gasteiger partial charge in [0.05, 0.1) is 11.1 Å². The fourth-order valence-corrected chi connectivity index (χ4v) is 4.21. The van der Waals surface area contributed by atoms with E-state index in [1.54, 1.807) is 6.08 Å². The zero-order valence-electron chi connectivity index (χ0n) is 11.8. The van der Waals surface area contributed by atoms with E-state index in [4.69, 9.17) is 0 Å². The van der Waals surface area contributed by atoms with Gasteiger partial charge < -0.3 is 0 Å². The van der Waals surface area contributed by atoms with Gasteiger partial charge in [0.2, 0.25) is 0 Å². The van der Waals surface area contributed by atoms with Gasteiger partial charge in [-0.25, -0.2) is 8.42 Å². The molecule has 1 unspecified atom stereocenters. The number of fused-ring (bicyclic) bond motifs is 1. The van der Waals surface area contributed by atoms with Crippen molar-refractivity contribution in [3.63, 3.8) is 0 Å². The molecule has 1 atom stereocenters. The van der Waals surface area contributed by atoms with Gasteiger partial charge in [0.1, 0.15) is 0 Å². The van der Waals surface area contributed by atoms with Crippen LogP contribution in [0.15, 0.2) is 60.0 Å². The minimum absolute atomic E-state index is 0.0483. The van der Waals surface area contributed by atoms with Crippen LogP contribution < -0.4 is 4.31 Å². The molecule has 0 fully saturated rings. The Morgan fingerprint density at radius 2 is 1.71 bits per heavy atom. The molecule has 0 amide bonds. The molecule has 0 spiro atoms. The van der Waals surface area contributed by atoms with Gasteiger partial charge >= 0.3 is 0 Å². The summed E-state index contributed by atoms with van der Waals surface area (Å²) in [5.74, 6) is 0. The van der Waals surface area contributed by atoms with Gasteiger partial charge in [-0.3, -0.25) is 4.31 Å². The Morgan fingerprint density at radius 1 is 1.05 bits per heavy atom. The fourth-order valence-electron chi connectivity index (χ4n) is 2.72. The topological polar surface area (TPSA) is 37.4 Å². The van der Waals surface area contributed by atoms with Crippen molar-refractivity contribution in [3.05, 3.63) is 71.1 Å². The molecule has 0 bridgehead atoms. The maximum absolute atomic E-state index is 12.6. The molecule has 3 rings (SSSR count). The molecule has 1 aliphatic heterocycles. The number of hydrogen-bond donors (Lipinski definition) is 0. The van der Waals surface area contributed by atoms with Crippen LogP contribution in [-0.2, 0) is 16.4 Å². The van der Waals surface area contributed by atoms with Crippen molar-refractivity contribution in [1.29, 1.82) is 0 Å². The first-order valence-electron chi connectivity index (χ1n) is 6.93. The number of hydrogen-bond acceptors (Lipinski definition) is 2. The molecule has 0 saturated heterocycles. The second kappa shape index (κ2) is 5.37. The van der Waals surface area contributed by atoms with Crippen LogP contribution in [0.5, 0.6) is 0 Å². The first kappa shape index (κ1) is 13.9. The van der Waals surface area contributed by atoms with Gasteiger partial charge in [0.25, 0.3) is 10.0 Å². The van der Waals surface area contributed by atoms with E-state index in [2.05, 4.69) is 0 Å². The van der Waals surface area contributed by atoms with Crippen molar-refractivity contribution in [2.45, 2.75) is 19.4 Å². The average Bonchev–Trinajstić information content (AvgIpc) is 2.83. The minimum Gasteiger partial charge on any atom is -0.263 e. The van der Waals surface area contributed by atoms with Crippen molar-refractivity contribution in [1.82, 2.24) is 0 Å². The molecule has 0 N–H and O–H groups in total. The highest BCUT2D eigenvalue weighted by Gasteiger charge is 2.33. The second-order valence-electron chi connectivity index (χ2n) is 5.24. The van der Waals surface area contributed by atoms with Crippen molar-refractivity contribution in [3.8, 4) is 0 Å². The standard InChI is InChI=1S/C17H17NO2S/c1-14-13-16-9-5-6-10-17(16)18(14)21(19,20)12-11-15-7-3-2-4-8-15/h2-12,14H,13H2,1H3. The Hall–Kier alpha value is -2.07. The molecular formula is C17H17NO2S. The summed E-state index contributed by atoms with van der Waals surface area (Å²) >= 11 is 0. The third-order valence-corrected chi connectivity index (χ3v) is 5.24. The Morgan fingerprint density at radius 3 is 2.48 bits per heavy atom. The summed E-state index contributed by atoms with van der Waals surface area (Å²) in [4.78, 5) is 0. The zero-order chi connectivity index (χ0) is 14.9. The summed E-state index contributed by atoms with van der Waals surface area (Å²) in [5, 5.41) is 1.29. The molecule has 2 aromatic carbocycles.